The summed E-state index contributed by atoms with van der Waals surface area (Å²) in [5.74, 6) is -2.33. The number of ether oxygens (including phenoxy) is 3. The van der Waals surface area contributed by atoms with E-state index in [0.29, 0.717) is 56.1 Å². The molecule has 0 fully saturated rings. The topological polar surface area (TPSA) is 207 Å². The Bertz CT molecular complexity index is 4160. The predicted molar refractivity (Wildman–Crippen MR) is 377 cm³/mol. The highest BCUT2D eigenvalue weighted by molar-refractivity contribution is 6.12. The van der Waals surface area contributed by atoms with E-state index in [9.17, 15) is 28.8 Å². The molecule has 6 N–H and O–H groups in total. The zero-order valence-corrected chi connectivity index (χ0v) is 55.8. The van der Waals surface area contributed by atoms with E-state index in [-0.39, 0.29) is 17.7 Å². The first-order valence-corrected chi connectivity index (χ1v) is 30.5. The van der Waals surface area contributed by atoms with Gasteiger partial charge in [-0.05, 0) is 224 Å². The average molecular weight is 1250 g/mol. The van der Waals surface area contributed by atoms with E-state index in [1.807, 2.05) is 234 Å². The van der Waals surface area contributed by atoms with Gasteiger partial charge in [0, 0.05) is 54.9 Å². The Morgan fingerprint density at radius 3 is 0.946 bits per heavy atom. The highest BCUT2D eigenvalue weighted by Gasteiger charge is 2.26. The third-order valence-electron chi connectivity index (χ3n) is 14.2. The number of hydrogen-bond acceptors (Lipinski definition) is 12. The van der Waals surface area contributed by atoms with Crippen LogP contribution >= 0.6 is 0 Å². The monoisotopic (exact) mass is 1250 g/mol. The summed E-state index contributed by atoms with van der Waals surface area (Å²) >= 11 is 0. The summed E-state index contributed by atoms with van der Waals surface area (Å²) in [6.45, 7) is 21.9. The Balaban J connectivity index is 0.000000198. The average Bonchev–Trinajstić information content (AvgIpc) is 0.866. The molecule has 9 aromatic rings. The van der Waals surface area contributed by atoms with Crippen molar-refractivity contribution in [3.63, 3.8) is 0 Å². The van der Waals surface area contributed by atoms with Crippen molar-refractivity contribution >= 4 is 69.8 Å². The van der Waals surface area contributed by atoms with Gasteiger partial charge in [0.05, 0.1) is 33.8 Å². The minimum atomic E-state index is -0.649. The van der Waals surface area contributed by atoms with Gasteiger partial charge in [-0.15, -0.1) is 0 Å². The fraction of sp³-hybridized carbons (Fsp3) is 0.231. The molecule has 9 rings (SSSR count). The van der Waals surface area contributed by atoms with E-state index >= 15 is 0 Å². The van der Waals surface area contributed by atoms with E-state index in [2.05, 4.69) is 21.3 Å². The van der Waals surface area contributed by atoms with Crippen LogP contribution in [0.25, 0.3) is 33.4 Å². The summed E-state index contributed by atoms with van der Waals surface area (Å²) < 4.78 is 16.7. The minimum Gasteiger partial charge on any atom is -0.456 e. The number of nitrogens with zero attached hydrogens (tertiary/aromatic N) is 1. The standard InChI is InChI=1S/C27H30N2O3.C26H28N2O3.C25H26N2O3/c1-18-16-21(29(5)6)13-15-22(18)25(30)28-24-17-20(19-10-8-7-9-11-19)12-14-23(24)26(31)32-27(2,3)4;1-17-15-20(27-5)12-14-21(17)24(29)28-23-16-19(18-9-7-6-8-10-18)11-13-22(23)25(30)31-26(2,3)4;1-16-14-19(26)11-13-20(16)23(28)27-22-15-18(17-8-6-5-7-9-17)10-12-21(22)24(29)30-25(2,3)4/h7-17H,1-6H3,(H,28,30);6-16,27H,1-5H3,(H,28,29);5-15H,26H2,1-4H3,(H,27,28). The maximum Gasteiger partial charge on any atom is 0.340 e. The van der Waals surface area contributed by atoms with Crippen LogP contribution in [0, 0.1) is 20.8 Å². The van der Waals surface area contributed by atoms with Crippen LogP contribution in [-0.4, -0.2) is 73.6 Å². The molecule has 3 amide bonds. The van der Waals surface area contributed by atoms with Crippen LogP contribution in [-0.2, 0) is 14.2 Å². The molecule has 0 aliphatic heterocycles. The number of carbonyl (C=O) groups excluding carboxylic acids is 6. The zero-order valence-electron chi connectivity index (χ0n) is 55.8. The van der Waals surface area contributed by atoms with E-state index in [4.69, 9.17) is 19.9 Å². The largest absolute Gasteiger partial charge is 0.456 e. The maximum atomic E-state index is 13.1. The number of nitrogens with two attached hydrogens (primary N) is 1. The summed E-state index contributed by atoms with van der Waals surface area (Å²) in [4.78, 5) is 79.6. The normalized spacial score (nSPS) is 11.0. The van der Waals surface area contributed by atoms with Crippen molar-refractivity contribution < 1.29 is 43.0 Å². The van der Waals surface area contributed by atoms with Crippen molar-refractivity contribution in [2.45, 2.75) is 99.9 Å². The van der Waals surface area contributed by atoms with Crippen LogP contribution in [0.3, 0.4) is 0 Å². The maximum absolute atomic E-state index is 13.1. The number of amides is 3. The second-order valence-electron chi connectivity index (χ2n) is 25.5. The Labute approximate surface area is 546 Å². The van der Waals surface area contributed by atoms with Gasteiger partial charge in [0.1, 0.15) is 16.8 Å². The first-order valence-electron chi connectivity index (χ1n) is 30.5. The van der Waals surface area contributed by atoms with E-state index < -0.39 is 34.7 Å². The van der Waals surface area contributed by atoms with Gasteiger partial charge >= 0.3 is 17.9 Å². The van der Waals surface area contributed by atoms with Crippen molar-refractivity contribution in [3.05, 3.63) is 250 Å². The molecule has 0 aromatic heterocycles. The molecule has 0 saturated carbocycles. The third-order valence-corrected chi connectivity index (χ3v) is 14.2. The van der Waals surface area contributed by atoms with Crippen molar-refractivity contribution in [1.82, 2.24) is 0 Å². The van der Waals surface area contributed by atoms with Gasteiger partial charge in [0.15, 0.2) is 0 Å². The van der Waals surface area contributed by atoms with Gasteiger partial charge in [-0.1, -0.05) is 109 Å². The van der Waals surface area contributed by atoms with Crippen LogP contribution in [0.15, 0.2) is 200 Å². The summed E-state index contributed by atoms with van der Waals surface area (Å²) in [7, 11) is 5.74. The number of carbonyl (C=O) groups is 6. The number of nitrogens with one attached hydrogen (secondary N) is 4. The Morgan fingerprint density at radius 2 is 0.656 bits per heavy atom. The molecule has 15 nitrogen and oxygen atoms in total. The van der Waals surface area contributed by atoms with Gasteiger partial charge in [0.25, 0.3) is 17.7 Å². The molecule has 0 bridgehead atoms. The summed E-state index contributed by atoms with van der Waals surface area (Å²) in [5.41, 5.74) is 18.2. The smallest absolute Gasteiger partial charge is 0.340 e. The van der Waals surface area contributed by atoms with Crippen LogP contribution in [0.1, 0.15) is 141 Å². The molecule has 15 heteroatoms. The molecule has 0 saturated heterocycles. The number of aryl methyl sites for hydroxylation is 3. The molecule has 93 heavy (non-hydrogen) atoms. The minimum absolute atomic E-state index is 0.275. The lowest BCUT2D eigenvalue weighted by Gasteiger charge is -2.21. The fourth-order valence-electron chi connectivity index (χ4n) is 9.67. The van der Waals surface area contributed by atoms with Crippen LogP contribution < -0.4 is 31.9 Å². The molecule has 0 heterocycles. The van der Waals surface area contributed by atoms with Crippen molar-refractivity contribution in [2.75, 3.05) is 53.0 Å². The van der Waals surface area contributed by atoms with Crippen molar-refractivity contribution in [2.24, 2.45) is 0 Å². The van der Waals surface area contributed by atoms with Gasteiger partial charge in [0.2, 0.25) is 0 Å². The molecule has 0 aliphatic rings. The second kappa shape index (κ2) is 30.3. The summed E-state index contributed by atoms with van der Waals surface area (Å²) in [6.07, 6.45) is 0. The Hall–Kier alpha value is -10.8. The van der Waals surface area contributed by atoms with Gasteiger partial charge in [-0.2, -0.15) is 0 Å². The number of anilines is 6. The lowest BCUT2D eigenvalue weighted by Crippen LogP contribution is -2.25. The van der Waals surface area contributed by atoms with Crippen molar-refractivity contribution in [3.8, 4) is 33.4 Å². The molecular formula is C78H84N6O9. The van der Waals surface area contributed by atoms with Crippen LogP contribution in [0.2, 0.25) is 0 Å². The number of benzene rings is 9. The first-order chi connectivity index (χ1) is 43.9. The number of rotatable bonds is 14. The van der Waals surface area contributed by atoms with E-state index in [1.165, 1.54) is 0 Å². The Morgan fingerprint density at radius 1 is 0.355 bits per heavy atom. The molecule has 0 unspecified atom stereocenters. The van der Waals surface area contributed by atoms with Gasteiger partial charge < -0.3 is 46.1 Å². The van der Waals surface area contributed by atoms with Crippen molar-refractivity contribution in [1.29, 1.82) is 0 Å². The molecule has 0 spiro atoms. The summed E-state index contributed by atoms with van der Waals surface area (Å²) in [6, 6.07) is 61.7. The second-order valence-corrected chi connectivity index (χ2v) is 25.5. The molecule has 0 aliphatic carbocycles. The molecule has 0 atom stereocenters. The highest BCUT2D eigenvalue weighted by Crippen LogP contribution is 2.33. The molecular weight excluding hydrogens is 1160 g/mol. The molecule has 9 aromatic carbocycles. The first kappa shape index (κ1) is 69.7. The fourth-order valence-corrected chi connectivity index (χ4v) is 9.67. The number of hydrogen-bond donors (Lipinski definition) is 5. The third kappa shape index (κ3) is 19.8. The van der Waals surface area contributed by atoms with Crippen LogP contribution in [0.4, 0.5) is 34.1 Å². The van der Waals surface area contributed by atoms with E-state index in [1.54, 1.807) is 75.4 Å². The number of esters is 3. The SMILES string of the molecule is CNc1ccc(C(=O)Nc2cc(-c3ccccc3)ccc2C(=O)OC(C)(C)C)c(C)c1.Cc1cc(N(C)C)ccc1C(=O)Nc1cc(-c2ccccc2)ccc1C(=O)OC(C)(C)C.Cc1cc(N)ccc1C(=O)Nc1cc(-c2ccccc2)ccc1C(=O)OC(C)(C)C. The lowest BCUT2D eigenvalue weighted by molar-refractivity contribution is 0.00580. The molecule has 480 valence electrons. The lowest BCUT2D eigenvalue weighted by atomic mass is 10.0. The summed E-state index contributed by atoms with van der Waals surface area (Å²) in [5, 5.41) is 11.8. The Kier molecular flexibility index (Phi) is 22.7. The molecule has 0 radical (unpaired) electrons. The predicted octanol–water partition coefficient (Wildman–Crippen LogP) is 17.3. The zero-order chi connectivity index (χ0) is 68.0. The highest BCUT2D eigenvalue weighted by atomic mass is 16.6. The number of nitrogen functional groups attached to an aromatic ring is 1. The van der Waals surface area contributed by atoms with Gasteiger partial charge in [-0.3, -0.25) is 14.4 Å². The van der Waals surface area contributed by atoms with Gasteiger partial charge in [-0.25, -0.2) is 14.4 Å². The quantitative estimate of drug-likeness (QED) is 0.0392. The van der Waals surface area contributed by atoms with Crippen LogP contribution in [0.5, 0.6) is 0 Å². The van der Waals surface area contributed by atoms with E-state index in [0.717, 1.165) is 61.4 Å².